The van der Waals surface area contributed by atoms with Gasteiger partial charge >= 0.3 is 7.12 Å². The summed E-state index contributed by atoms with van der Waals surface area (Å²) in [7, 11) is -0.347. The largest absolute Gasteiger partial charge is 0.498 e. The maximum Gasteiger partial charge on any atom is 0.498 e. The van der Waals surface area contributed by atoms with E-state index < -0.39 is 0 Å². The molecule has 24 heavy (non-hydrogen) atoms. The Hall–Kier alpha value is -1.59. The fraction of sp³-hybridized carbons (Fsp3) is 0.526. The number of nitrogens with zero attached hydrogens (tertiary/aromatic N) is 2. The van der Waals surface area contributed by atoms with E-state index in [1.165, 1.54) is 5.56 Å². The quantitative estimate of drug-likeness (QED) is 0.810. The minimum absolute atomic E-state index is 0.331. The zero-order chi connectivity index (χ0) is 17.5. The van der Waals surface area contributed by atoms with Crippen molar-refractivity contribution in [1.82, 2.24) is 9.78 Å². The standard InChI is InChI=1S/C19H27BN2O2/c1-14-17(20-23-18(3,4)19(5,6)24-20)15(2)22(21-14)13-12-16-10-8-7-9-11-16/h7-11H,12-13H2,1-6H3. The summed E-state index contributed by atoms with van der Waals surface area (Å²) in [6.45, 7) is 13.3. The molecule has 0 unspecified atom stereocenters. The smallest absolute Gasteiger partial charge is 0.399 e. The molecule has 1 aromatic heterocycles. The second kappa shape index (κ2) is 6.05. The first-order valence-electron chi connectivity index (χ1n) is 8.65. The van der Waals surface area contributed by atoms with Crippen LogP contribution in [0, 0.1) is 13.8 Å². The Morgan fingerprint density at radius 3 is 2.17 bits per heavy atom. The van der Waals surface area contributed by atoms with Crippen molar-refractivity contribution in [3.63, 3.8) is 0 Å². The first kappa shape index (κ1) is 17.2. The average molecular weight is 326 g/mol. The molecule has 0 aliphatic carbocycles. The third-order valence-corrected chi connectivity index (χ3v) is 5.38. The van der Waals surface area contributed by atoms with Gasteiger partial charge in [0.05, 0.1) is 16.9 Å². The molecule has 5 heteroatoms. The Morgan fingerprint density at radius 1 is 1.00 bits per heavy atom. The van der Waals surface area contributed by atoms with Crippen molar-refractivity contribution >= 4 is 12.6 Å². The van der Waals surface area contributed by atoms with Gasteiger partial charge in [-0.3, -0.25) is 4.68 Å². The van der Waals surface area contributed by atoms with E-state index in [2.05, 4.69) is 63.6 Å². The van der Waals surface area contributed by atoms with Gasteiger partial charge in [0, 0.05) is 17.7 Å². The number of aryl methyl sites for hydroxylation is 3. The SMILES string of the molecule is Cc1nn(CCc2ccccc2)c(C)c1B1OC(C)(C)C(C)(C)O1. The molecule has 4 nitrogen and oxygen atoms in total. The van der Waals surface area contributed by atoms with E-state index in [0.29, 0.717) is 0 Å². The highest BCUT2D eigenvalue weighted by molar-refractivity contribution is 6.63. The van der Waals surface area contributed by atoms with Gasteiger partial charge in [-0.2, -0.15) is 5.10 Å². The van der Waals surface area contributed by atoms with Crippen molar-refractivity contribution in [2.45, 2.75) is 65.7 Å². The van der Waals surface area contributed by atoms with Crippen LogP contribution in [0.25, 0.3) is 0 Å². The van der Waals surface area contributed by atoms with E-state index in [-0.39, 0.29) is 18.3 Å². The van der Waals surface area contributed by atoms with Crippen LogP contribution >= 0.6 is 0 Å². The minimum atomic E-state index is -0.347. The van der Waals surface area contributed by atoms with Crippen molar-refractivity contribution in [3.8, 4) is 0 Å². The molecular weight excluding hydrogens is 299 g/mol. The molecule has 0 radical (unpaired) electrons. The fourth-order valence-corrected chi connectivity index (χ4v) is 3.11. The summed E-state index contributed by atoms with van der Waals surface area (Å²) in [6, 6.07) is 10.5. The molecule has 0 atom stereocenters. The summed E-state index contributed by atoms with van der Waals surface area (Å²) in [4.78, 5) is 0. The van der Waals surface area contributed by atoms with Crippen LogP contribution in [0.3, 0.4) is 0 Å². The molecule has 1 aliphatic rings. The minimum Gasteiger partial charge on any atom is -0.399 e. The van der Waals surface area contributed by atoms with Gasteiger partial charge < -0.3 is 9.31 Å². The highest BCUT2D eigenvalue weighted by atomic mass is 16.7. The van der Waals surface area contributed by atoms with E-state index >= 15 is 0 Å². The summed E-state index contributed by atoms with van der Waals surface area (Å²) in [5.41, 5.74) is 3.84. The zero-order valence-electron chi connectivity index (χ0n) is 15.6. The first-order chi connectivity index (χ1) is 11.2. The van der Waals surface area contributed by atoms with Crippen LogP contribution in [-0.2, 0) is 22.3 Å². The van der Waals surface area contributed by atoms with Crippen molar-refractivity contribution in [2.75, 3.05) is 0 Å². The van der Waals surface area contributed by atoms with Gasteiger partial charge in [0.2, 0.25) is 0 Å². The molecule has 1 saturated heterocycles. The van der Waals surface area contributed by atoms with Crippen LogP contribution in [0.2, 0.25) is 0 Å². The molecule has 2 heterocycles. The van der Waals surface area contributed by atoms with E-state index in [9.17, 15) is 0 Å². The predicted molar refractivity (Wildman–Crippen MR) is 97.6 cm³/mol. The molecule has 0 bridgehead atoms. The van der Waals surface area contributed by atoms with Crippen molar-refractivity contribution in [2.24, 2.45) is 0 Å². The Morgan fingerprint density at radius 2 is 1.58 bits per heavy atom. The van der Waals surface area contributed by atoms with Crippen LogP contribution in [0.1, 0.15) is 44.6 Å². The summed E-state index contributed by atoms with van der Waals surface area (Å²) >= 11 is 0. The molecule has 2 aromatic rings. The van der Waals surface area contributed by atoms with Crippen LogP contribution in [0.15, 0.2) is 30.3 Å². The number of benzene rings is 1. The molecule has 1 aromatic carbocycles. The van der Waals surface area contributed by atoms with Gasteiger partial charge in [0.15, 0.2) is 0 Å². The zero-order valence-corrected chi connectivity index (χ0v) is 15.6. The second-order valence-corrected chi connectivity index (χ2v) is 7.63. The Labute approximate surface area is 145 Å². The summed E-state index contributed by atoms with van der Waals surface area (Å²) in [5, 5.41) is 4.72. The molecule has 128 valence electrons. The lowest BCUT2D eigenvalue weighted by atomic mass is 9.77. The monoisotopic (exact) mass is 326 g/mol. The van der Waals surface area contributed by atoms with E-state index in [0.717, 1.165) is 29.8 Å². The maximum atomic E-state index is 6.21. The summed E-state index contributed by atoms with van der Waals surface area (Å²) in [6.07, 6.45) is 0.964. The van der Waals surface area contributed by atoms with Gasteiger partial charge in [-0.25, -0.2) is 0 Å². The van der Waals surface area contributed by atoms with Crippen LogP contribution in [0.5, 0.6) is 0 Å². The lowest BCUT2D eigenvalue weighted by molar-refractivity contribution is 0.00578. The highest BCUT2D eigenvalue weighted by Gasteiger charge is 2.53. The molecule has 0 spiro atoms. The third-order valence-electron chi connectivity index (χ3n) is 5.38. The van der Waals surface area contributed by atoms with Gasteiger partial charge in [0.1, 0.15) is 0 Å². The van der Waals surface area contributed by atoms with Crippen molar-refractivity contribution in [1.29, 1.82) is 0 Å². The molecule has 1 aliphatic heterocycles. The van der Waals surface area contributed by atoms with Crippen LogP contribution < -0.4 is 5.46 Å². The number of rotatable bonds is 4. The van der Waals surface area contributed by atoms with E-state index in [1.54, 1.807) is 0 Å². The second-order valence-electron chi connectivity index (χ2n) is 7.63. The van der Waals surface area contributed by atoms with Crippen molar-refractivity contribution < 1.29 is 9.31 Å². The molecular formula is C19H27BN2O2. The van der Waals surface area contributed by atoms with E-state index in [4.69, 9.17) is 14.4 Å². The number of aromatic nitrogens is 2. The average Bonchev–Trinajstić information content (AvgIpc) is 2.90. The lowest BCUT2D eigenvalue weighted by Crippen LogP contribution is -2.41. The Kier molecular flexibility index (Phi) is 4.35. The normalized spacial score (nSPS) is 19.0. The molecule has 1 fully saturated rings. The van der Waals surface area contributed by atoms with Crippen molar-refractivity contribution in [3.05, 3.63) is 47.3 Å². The van der Waals surface area contributed by atoms with Crippen LogP contribution in [-0.4, -0.2) is 28.1 Å². The highest BCUT2D eigenvalue weighted by Crippen LogP contribution is 2.36. The van der Waals surface area contributed by atoms with Crippen LogP contribution in [0.4, 0.5) is 0 Å². The van der Waals surface area contributed by atoms with Gasteiger partial charge in [-0.15, -0.1) is 0 Å². The topological polar surface area (TPSA) is 36.3 Å². The van der Waals surface area contributed by atoms with Gasteiger partial charge in [0.25, 0.3) is 0 Å². The summed E-state index contributed by atoms with van der Waals surface area (Å²) < 4.78 is 14.5. The number of hydrogen-bond acceptors (Lipinski definition) is 3. The molecule has 3 rings (SSSR count). The van der Waals surface area contributed by atoms with E-state index in [1.807, 2.05) is 13.0 Å². The number of hydrogen-bond donors (Lipinski definition) is 0. The first-order valence-corrected chi connectivity index (χ1v) is 8.65. The Balaban J connectivity index is 1.80. The predicted octanol–water partition coefficient (Wildman–Crippen LogP) is 3.04. The van der Waals surface area contributed by atoms with Gasteiger partial charge in [-0.1, -0.05) is 30.3 Å². The third kappa shape index (κ3) is 3.03. The lowest BCUT2D eigenvalue weighted by Gasteiger charge is -2.32. The Bertz CT molecular complexity index is 706. The molecule has 0 N–H and O–H groups in total. The van der Waals surface area contributed by atoms with Gasteiger partial charge in [-0.05, 0) is 53.5 Å². The molecule has 0 saturated carbocycles. The fourth-order valence-electron chi connectivity index (χ4n) is 3.11. The molecule has 0 amide bonds. The maximum absolute atomic E-state index is 6.21. The summed E-state index contributed by atoms with van der Waals surface area (Å²) in [5.74, 6) is 0.